The fourth-order valence-corrected chi connectivity index (χ4v) is 2.06. The lowest BCUT2D eigenvalue weighted by Crippen LogP contribution is -2.26. The van der Waals surface area contributed by atoms with Gasteiger partial charge < -0.3 is 9.47 Å². The van der Waals surface area contributed by atoms with Gasteiger partial charge in [-0.2, -0.15) is 4.39 Å². The van der Waals surface area contributed by atoms with Crippen molar-refractivity contribution in [3.63, 3.8) is 0 Å². The van der Waals surface area contributed by atoms with Gasteiger partial charge in [-0.15, -0.1) is 0 Å². The molecule has 1 rings (SSSR count). The molecule has 0 heterocycles. The van der Waals surface area contributed by atoms with E-state index in [1.165, 1.54) is 0 Å². The number of carbonyl (C=O) groups excluding carboxylic acids is 1. The average molecular weight is 355 g/mol. The molecule has 0 saturated heterocycles. The number of rotatable bonds is 3. The molecule has 0 fully saturated rings. The molecule has 3 nitrogen and oxygen atoms in total. The summed E-state index contributed by atoms with van der Waals surface area (Å²) in [5.41, 5.74) is -2.02. The molecule has 0 radical (unpaired) electrons. The van der Waals surface area contributed by atoms with Crippen molar-refractivity contribution >= 4 is 21.9 Å². The highest BCUT2D eigenvalue weighted by Crippen LogP contribution is 2.33. The van der Waals surface area contributed by atoms with Crippen LogP contribution < -0.4 is 4.74 Å². The van der Waals surface area contributed by atoms with E-state index in [1.807, 2.05) is 0 Å². The molecule has 0 amide bonds. The summed E-state index contributed by atoms with van der Waals surface area (Å²) in [7, 11) is 0.980. The molecule has 0 saturated carbocycles. The van der Waals surface area contributed by atoms with Crippen LogP contribution in [-0.2, 0) is 10.1 Å². The second-order valence-electron chi connectivity index (χ2n) is 4.96. The van der Waals surface area contributed by atoms with Crippen LogP contribution in [-0.4, -0.2) is 18.7 Å². The highest BCUT2D eigenvalue weighted by Gasteiger charge is 2.31. The van der Waals surface area contributed by atoms with Crippen LogP contribution in [0.2, 0.25) is 0 Å². The predicted molar refractivity (Wildman–Crippen MR) is 70.7 cm³/mol. The topological polar surface area (TPSA) is 35.5 Å². The molecule has 1 aromatic carbocycles. The number of ether oxygens (including phenoxy) is 2. The molecule has 0 aromatic heterocycles. The standard InChI is InChI=1S/C13H14BrF3O3/c1-13(2,3)20-12(18)7-6(5-14)8(15)10(17)11(19-4)9(7)16/h5H2,1-4H3. The summed E-state index contributed by atoms with van der Waals surface area (Å²) in [5.74, 6) is -6.14. The Morgan fingerprint density at radius 2 is 1.70 bits per heavy atom. The monoisotopic (exact) mass is 354 g/mol. The molecule has 7 heteroatoms. The number of benzene rings is 1. The van der Waals surface area contributed by atoms with Crippen molar-refractivity contribution in [3.8, 4) is 5.75 Å². The van der Waals surface area contributed by atoms with Crippen LogP contribution in [0.3, 0.4) is 0 Å². The molecule has 1 aromatic rings. The van der Waals surface area contributed by atoms with Gasteiger partial charge in [0.2, 0.25) is 5.82 Å². The highest BCUT2D eigenvalue weighted by atomic mass is 79.9. The van der Waals surface area contributed by atoms with E-state index in [-0.39, 0.29) is 5.33 Å². The first-order valence-corrected chi connectivity index (χ1v) is 6.78. The summed E-state index contributed by atoms with van der Waals surface area (Å²) >= 11 is 2.90. The Hall–Kier alpha value is -1.24. The number of alkyl halides is 1. The van der Waals surface area contributed by atoms with E-state index in [1.54, 1.807) is 20.8 Å². The van der Waals surface area contributed by atoms with E-state index in [4.69, 9.17) is 4.74 Å². The Bertz CT molecular complexity index is 539. The molecular formula is C13H14BrF3O3. The van der Waals surface area contributed by atoms with E-state index in [9.17, 15) is 18.0 Å². The van der Waals surface area contributed by atoms with Crippen molar-refractivity contribution < 1.29 is 27.4 Å². The lowest BCUT2D eigenvalue weighted by Gasteiger charge is -2.21. The van der Waals surface area contributed by atoms with Crippen molar-refractivity contribution in [2.75, 3.05) is 7.11 Å². The maximum atomic E-state index is 14.1. The van der Waals surface area contributed by atoms with Crippen LogP contribution in [0.4, 0.5) is 13.2 Å². The molecule has 0 spiro atoms. The molecule has 112 valence electrons. The van der Waals surface area contributed by atoms with Crippen LogP contribution in [0.5, 0.6) is 5.75 Å². The summed E-state index contributed by atoms with van der Waals surface area (Å²) in [6.45, 7) is 4.73. The Morgan fingerprint density at radius 3 is 2.10 bits per heavy atom. The van der Waals surface area contributed by atoms with Crippen LogP contribution in [0.15, 0.2) is 0 Å². The molecule has 0 unspecified atom stereocenters. The Balaban J connectivity index is 3.52. The second-order valence-corrected chi connectivity index (χ2v) is 5.53. The molecular weight excluding hydrogens is 341 g/mol. The van der Waals surface area contributed by atoms with Crippen LogP contribution in [0, 0.1) is 17.5 Å². The molecule has 0 N–H and O–H groups in total. The van der Waals surface area contributed by atoms with Crippen molar-refractivity contribution in [2.24, 2.45) is 0 Å². The predicted octanol–water partition coefficient (Wildman–Crippen LogP) is 3.96. The molecule has 20 heavy (non-hydrogen) atoms. The minimum atomic E-state index is -1.48. The quantitative estimate of drug-likeness (QED) is 0.468. The highest BCUT2D eigenvalue weighted by molar-refractivity contribution is 9.08. The average Bonchev–Trinajstić information content (AvgIpc) is 2.31. The van der Waals surface area contributed by atoms with Gasteiger partial charge in [-0.1, -0.05) is 15.9 Å². The fourth-order valence-electron chi connectivity index (χ4n) is 1.53. The number of halogens is 4. The maximum Gasteiger partial charge on any atom is 0.342 e. The third-order valence-electron chi connectivity index (χ3n) is 2.32. The number of carbonyl (C=O) groups is 1. The molecule has 0 aliphatic heterocycles. The number of hydrogen-bond acceptors (Lipinski definition) is 3. The van der Waals surface area contributed by atoms with Gasteiger partial charge in [0, 0.05) is 10.9 Å². The summed E-state index contributed by atoms with van der Waals surface area (Å²) in [6.07, 6.45) is 0. The third-order valence-corrected chi connectivity index (χ3v) is 2.88. The first-order chi connectivity index (χ1) is 9.14. The number of methoxy groups -OCH3 is 1. The first kappa shape index (κ1) is 16.8. The molecule has 0 atom stereocenters. The van der Waals surface area contributed by atoms with Gasteiger partial charge in [-0.05, 0) is 20.8 Å². The third kappa shape index (κ3) is 3.26. The fraction of sp³-hybridized carbons (Fsp3) is 0.462. The zero-order valence-corrected chi connectivity index (χ0v) is 13.0. The van der Waals surface area contributed by atoms with Gasteiger partial charge in [-0.25, -0.2) is 13.6 Å². The lowest BCUT2D eigenvalue weighted by molar-refractivity contribution is 0.00621. The van der Waals surface area contributed by atoms with E-state index in [0.717, 1.165) is 7.11 Å². The molecule has 0 aliphatic carbocycles. The zero-order chi connectivity index (χ0) is 15.7. The number of hydrogen-bond donors (Lipinski definition) is 0. The maximum absolute atomic E-state index is 14.1. The summed E-state index contributed by atoms with van der Waals surface area (Å²) in [4.78, 5) is 12.0. The minimum Gasteiger partial charge on any atom is -0.491 e. The smallest absolute Gasteiger partial charge is 0.342 e. The van der Waals surface area contributed by atoms with Gasteiger partial charge in [0.05, 0.1) is 7.11 Å². The first-order valence-electron chi connectivity index (χ1n) is 5.66. The summed E-state index contributed by atoms with van der Waals surface area (Å²) in [6, 6.07) is 0. The Labute approximate surface area is 123 Å². The van der Waals surface area contributed by atoms with Crippen LogP contribution in [0.25, 0.3) is 0 Å². The van der Waals surface area contributed by atoms with E-state index in [2.05, 4.69) is 20.7 Å². The van der Waals surface area contributed by atoms with E-state index >= 15 is 0 Å². The van der Waals surface area contributed by atoms with Crippen LogP contribution in [0.1, 0.15) is 36.7 Å². The van der Waals surface area contributed by atoms with Gasteiger partial charge in [0.25, 0.3) is 0 Å². The molecule has 0 bridgehead atoms. The minimum absolute atomic E-state index is 0.245. The normalized spacial score (nSPS) is 11.4. The Kier molecular flexibility index (Phi) is 5.07. The van der Waals surface area contributed by atoms with Gasteiger partial charge >= 0.3 is 5.97 Å². The largest absolute Gasteiger partial charge is 0.491 e. The summed E-state index contributed by atoms with van der Waals surface area (Å²) in [5, 5.41) is -0.245. The zero-order valence-electron chi connectivity index (χ0n) is 11.4. The van der Waals surface area contributed by atoms with Gasteiger partial charge in [-0.3, -0.25) is 0 Å². The van der Waals surface area contributed by atoms with Crippen molar-refractivity contribution in [1.29, 1.82) is 0 Å². The lowest BCUT2D eigenvalue weighted by atomic mass is 10.1. The van der Waals surface area contributed by atoms with E-state index in [0.29, 0.717) is 0 Å². The van der Waals surface area contributed by atoms with Crippen molar-refractivity contribution in [1.82, 2.24) is 0 Å². The second kappa shape index (κ2) is 6.03. The van der Waals surface area contributed by atoms with Crippen molar-refractivity contribution in [3.05, 3.63) is 28.6 Å². The Morgan fingerprint density at radius 1 is 1.15 bits per heavy atom. The van der Waals surface area contributed by atoms with E-state index < -0.39 is 45.9 Å². The van der Waals surface area contributed by atoms with Gasteiger partial charge in [0.1, 0.15) is 11.2 Å². The number of esters is 1. The van der Waals surface area contributed by atoms with Crippen molar-refractivity contribution in [2.45, 2.75) is 31.7 Å². The van der Waals surface area contributed by atoms with Crippen LogP contribution >= 0.6 is 15.9 Å². The summed E-state index contributed by atoms with van der Waals surface area (Å²) < 4.78 is 51.0. The van der Waals surface area contributed by atoms with Gasteiger partial charge in [0.15, 0.2) is 17.4 Å². The SMILES string of the molecule is COc1c(F)c(F)c(CBr)c(C(=O)OC(C)(C)C)c1F. The molecule has 0 aliphatic rings.